The van der Waals surface area contributed by atoms with Gasteiger partial charge in [0.2, 0.25) is 0 Å². The number of halogens is 2. The number of carbonyl (C=O) groups excluding carboxylic acids is 1. The molecular formula is C37H33Cl2N3O4S. The molecule has 1 aromatic heterocycles. The van der Waals surface area contributed by atoms with Crippen LogP contribution in [0.4, 0.5) is 0 Å². The molecule has 0 bridgehead atoms. The Morgan fingerprint density at radius 1 is 1.00 bits per heavy atom. The van der Waals surface area contributed by atoms with E-state index in [0.29, 0.717) is 60.8 Å². The smallest absolute Gasteiger partial charge is 0.271 e. The minimum Gasteiger partial charge on any atom is -0.496 e. The normalized spacial score (nSPS) is 14.6. The van der Waals surface area contributed by atoms with Gasteiger partial charge in [0, 0.05) is 39.8 Å². The number of likely N-dealkylation sites (N-methyl/N-ethyl adjacent to an activating group) is 1. The predicted molar refractivity (Wildman–Crippen MR) is 189 cm³/mol. The summed E-state index contributed by atoms with van der Waals surface area (Å²) in [4.78, 5) is 35.8. The van der Waals surface area contributed by atoms with Gasteiger partial charge in [-0.1, -0.05) is 83.1 Å². The van der Waals surface area contributed by atoms with Crippen molar-refractivity contribution in [2.75, 3.05) is 20.2 Å². The van der Waals surface area contributed by atoms with Gasteiger partial charge < -0.3 is 14.4 Å². The third-order valence-corrected chi connectivity index (χ3v) is 9.91. The first-order valence-electron chi connectivity index (χ1n) is 15.3. The van der Waals surface area contributed by atoms with Crippen molar-refractivity contribution in [1.82, 2.24) is 9.47 Å². The van der Waals surface area contributed by atoms with E-state index in [9.17, 15) is 9.59 Å². The summed E-state index contributed by atoms with van der Waals surface area (Å²) >= 11 is 14.1. The molecule has 4 aromatic carbocycles. The van der Waals surface area contributed by atoms with Crippen molar-refractivity contribution in [2.24, 2.45) is 4.99 Å². The van der Waals surface area contributed by atoms with Crippen LogP contribution >= 0.6 is 34.5 Å². The number of aromatic nitrogens is 1. The monoisotopic (exact) mass is 685 g/mol. The summed E-state index contributed by atoms with van der Waals surface area (Å²) in [6, 6.07) is 23.7. The van der Waals surface area contributed by atoms with Crippen molar-refractivity contribution in [3.63, 3.8) is 0 Å². The lowest BCUT2D eigenvalue weighted by Crippen LogP contribution is -2.43. The molecule has 0 N–H and O–H groups in total. The summed E-state index contributed by atoms with van der Waals surface area (Å²) < 4.78 is 14.1. The number of rotatable bonds is 9. The van der Waals surface area contributed by atoms with Gasteiger partial charge in [-0.05, 0) is 68.0 Å². The van der Waals surface area contributed by atoms with Gasteiger partial charge in [-0.2, -0.15) is 0 Å². The molecule has 0 fully saturated rings. The first kappa shape index (κ1) is 32.6. The van der Waals surface area contributed by atoms with Gasteiger partial charge >= 0.3 is 0 Å². The summed E-state index contributed by atoms with van der Waals surface area (Å²) in [6.07, 6.45) is 1.76. The van der Waals surface area contributed by atoms with Gasteiger partial charge in [-0.25, -0.2) is 4.99 Å². The standard InChI is InChI=1S/C37H33Cl2N3O4S/c1-5-41(6-2)36(44)32-22(3)40-37-42(34(32)33-27-13-9-7-11-23(27)15-17-30(33)45-4)35(43)31(47-37)20-25-19-26(38)16-18-29(25)46-21-24-12-8-10-14-28(24)39/h7-20,34H,5-6,21H2,1-4H3/b31-20+/t34-/m1/s1. The predicted octanol–water partition coefficient (Wildman–Crippen LogP) is 7.15. The van der Waals surface area contributed by atoms with Crippen molar-refractivity contribution in [2.45, 2.75) is 33.4 Å². The van der Waals surface area contributed by atoms with Gasteiger partial charge in [-0.15, -0.1) is 0 Å². The van der Waals surface area contributed by atoms with Crippen molar-refractivity contribution in [3.05, 3.63) is 137 Å². The van der Waals surface area contributed by atoms with Crippen LogP contribution in [0.15, 0.2) is 99.9 Å². The van der Waals surface area contributed by atoms with Crippen LogP contribution in [0.1, 0.15) is 43.5 Å². The minimum atomic E-state index is -0.780. The van der Waals surface area contributed by atoms with E-state index in [-0.39, 0.29) is 18.1 Å². The molecule has 1 atom stereocenters. The molecule has 2 heterocycles. The lowest BCUT2D eigenvalue weighted by Gasteiger charge is -2.30. The minimum absolute atomic E-state index is 0.171. The Labute approximate surface area is 286 Å². The third-order valence-electron chi connectivity index (χ3n) is 8.33. The highest BCUT2D eigenvalue weighted by Gasteiger charge is 2.36. The second-order valence-electron chi connectivity index (χ2n) is 11.0. The van der Waals surface area contributed by atoms with E-state index >= 15 is 0 Å². The van der Waals surface area contributed by atoms with Crippen molar-refractivity contribution >= 4 is 57.3 Å². The summed E-state index contributed by atoms with van der Waals surface area (Å²) in [5.74, 6) is 0.949. The Kier molecular flexibility index (Phi) is 9.55. The molecule has 0 radical (unpaired) electrons. The zero-order chi connectivity index (χ0) is 33.2. The number of ether oxygens (including phenoxy) is 2. The quantitative estimate of drug-likeness (QED) is 0.165. The van der Waals surface area contributed by atoms with Gasteiger partial charge in [0.05, 0.1) is 22.9 Å². The molecule has 0 spiro atoms. The highest BCUT2D eigenvalue weighted by Crippen LogP contribution is 2.40. The van der Waals surface area contributed by atoms with Crippen LogP contribution in [-0.2, 0) is 11.4 Å². The van der Waals surface area contributed by atoms with E-state index in [1.54, 1.807) is 40.9 Å². The molecule has 0 saturated heterocycles. The molecule has 1 aliphatic rings. The van der Waals surface area contributed by atoms with E-state index in [4.69, 9.17) is 37.7 Å². The maximum Gasteiger partial charge on any atom is 0.271 e. The summed E-state index contributed by atoms with van der Waals surface area (Å²) in [7, 11) is 1.60. The number of fused-ring (bicyclic) bond motifs is 2. The second kappa shape index (κ2) is 13.8. The molecular weight excluding hydrogens is 653 g/mol. The Morgan fingerprint density at radius 3 is 2.47 bits per heavy atom. The number of hydrogen-bond acceptors (Lipinski definition) is 6. The Hall–Kier alpha value is -4.37. The van der Waals surface area contributed by atoms with E-state index in [0.717, 1.165) is 21.9 Å². The Bertz CT molecular complexity index is 2220. The second-order valence-corrected chi connectivity index (χ2v) is 12.9. The largest absolute Gasteiger partial charge is 0.496 e. The number of thiazole rings is 1. The lowest BCUT2D eigenvalue weighted by molar-refractivity contribution is -0.127. The fraction of sp³-hybridized carbons (Fsp3) is 0.216. The molecule has 7 nitrogen and oxygen atoms in total. The molecule has 5 aromatic rings. The average molecular weight is 687 g/mol. The zero-order valence-corrected chi connectivity index (χ0v) is 28.7. The number of hydrogen-bond donors (Lipinski definition) is 0. The molecule has 0 unspecified atom stereocenters. The SMILES string of the molecule is CCN(CC)C(=O)C1=C(C)N=c2s/c(=C/c3cc(Cl)ccc3OCc3ccccc3Cl)c(=O)n2[C@H]1c1c(OC)ccc2ccccc12. The third kappa shape index (κ3) is 6.21. The molecule has 240 valence electrons. The number of amides is 1. The van der Waals surface area contributed by atoms with Crippen molar-refractivity contribution in [3.8, 4) is 11.5 Å². The summed E-state index contributed by atoms with van der Waals surface area (Å²) in [5, 5.41) is 2.95. The van der Waals surface area contributed by atoms with E-state index < -0.39 is 6.04 Å². The van der Waals surface area contributed by atoms with E-state index in [2.05, 4.69) is 0 Å². The molecule has 1 aliphatic heterocycles. The topological polar surface area (TPSA) is 73.1 Å². The van der Waals surface area contributed by atoms with Crippen LogP contribution in [0, 0.1) is 0 Å². The highest BCUT2D eigenvalue weighted by atomic mass is 35.5. The summed E-state index contributed by atoms with van der Waals surface area (Å²) in [5.41, 5.74) is 2.90. The van der Waals surface area contributed by atoms with Gasteiger partial charge in [-0.3, -0.25) is 14.2 Å². The number of allylic oxidation sites excluding steroid dienone is 1. The molecule has 0 aliphatic carbocycles. The van der Waals surface area contributed by atoms with Crippen LogP contribution in [0.2, 0.25) is 10.0 Å². The Morgan fingerprint density at radius 2 is 1.72 bits per heavy atom. The van der Waals surface area contributed by atoms with E-state index in [1.807, 2.05) is 81.4 Å². The van der Waals surface area contributed by atoms with Crippen molar-refractivity contribution < 1.29 is 14.3 Å². The number of carbonyl (C=O) groups is 1. The lowest BCUT2D eigenvalue weighted by atomic mass is 9.90. The maximum absolute atomic E-state index is 14.5. The highest BCUT2D eigenvalue weighted by molar-refractivity contribution is 7.07. The van der Waals surface area contributed by atoms with Crippen LogP contribution < -0.4 is 24.4 Å². The van der Waals surface area contributed by atoms with Crippen LogP contribution in [0.25, 0.3) is 16.8 Å². The fourth-order valence-electron chi connectivity index (χ4n) is 5.96. The zero-order valence-electron chi connectivity index (χ0n) is 26.4. The molecule has 0 saturated carbocycles. The first-order valence-corrected chi connectivity index (χ1v) is 16.9. The molecule has 47 heavy (non-hydrogen) atoms. The average Bonchev–Trinajstić information content (AvgIpc) is 3.38. The van der Waals surface area contributed by atoms with Crippen LogP contribution in [0.5, 0.6) is 11.5 Å². The van der Waals surface area contributed by atoms with Crippen LogP contribution in [-0.4, -0.2) is 35.6 Å². The van der Waals surface area contributed by atoms with Gasteiger partial charge in [0.25, 0.3) is 11.5 Å². The molecule has 6 rings (SSSR count). The van der Waals surface area contributed by atoms with Gasteiger partial charge in [0.15, 0.2) is 4.80 Å². The summed E-state index contributed by atoms with van der Waals surface area (Å²) in [6.45, 7) is 6.98. The number of methoxy groups -OCH3 is 1. The number of benzene rings is 4. The van der Waals surface area contributed by atoms with Crippen LogP contribution in [0.3, 0.4) is 0 Å². The molecule has 10 heteroatoms. The Balaban J connectivity index is 1.56. The van der Waals surface area contributed by atoms with Crippen molar-refractivity contribution in [1.29, 1.82) is 0 Å². The first-order chi connectivity index (χ1) is 22.7. The fourth-order valence-corrected chi connectivity index (χ4v) is 7.37. The van der Waals surface area contributed by atoms with Gasteiger partial charge in [0.1, 0.15) is 24.1 Å². The number of nitrogens with zero attached hydrogens (tertiary/aromatic N) is 3. The maximum atomic E-state index is 14.5. The van der Waals surface area contributed by atoms with E-state index in [1.165, 1.54) is 11.3 Å². The molecule has 1 amide bonds.